The smallest absolute Gasteiger partial charge is 0.309 e. The van der Waals surface area contributed by atoms with Crippen LogP contribution in [0.2, 0.25) is 0 Å². The van der Waals surface area contributed by atoms with E-state index in [0.29, 0.717) is 28.3 Å². The fourth-order valence-electron chi connectivity index (χ4n) is 4.01. The highest BCUT2D eigenvalue weighted by molar-refractivity contribution is 6.04. The molecular formula is C28H24FN3O4. The predicted octanol–water partition coefficient (Wildman–Crippen LogP) is 5.74. The topological polar surface area (TPSA) is 82.4 Å². The molecule has 1 aliphatic carbocycles. The number of esters is 1. The van der Waals surface area contributed by atoms with Gasteiger partial charge in [-0.3, -0.25) is 9.59 Å². The molecule has 0 radical (unpaired) electrons. The van der Waals surface area contributed by atoms with Crippen LogP contribution in [-0.4, -0.2) is 28.8 Å². The van der Waals surface area contributed by atoms with E-state index in [1.807, 2.05) is 12.1 Å². The summed E-state index contributed by atoms with van der Waals surface area (Å²) >= 11 is 0. The zero-order chi connectivity index (χ0) is 25.2. The molecule has 1 fully saturated rings. The minimum Gasteiger partial charge on any atom is -0.497 e. The number of nitrogens with one attached hydrogen (secondary N) is 1. The van der Waals surface area contributed by atoms with Gasteiger partial charge in [0.05, 0.1) is 24.1 Å². The van der Waals surface area contributed by atoms with E-state index in [1.165, 1.54) is 23.7 Å². The second kappa shape index (κ2) is 9.65. The zero-order valence-electron chi connectivity index (χ0n) is 19.8. The summed E-state index contributed by atoms with van der Waals surface area (Å²) in [6.45, 7) is 1.32. The van der Waals surface area contributed by atoms with Crippen molar-refractivity contribution in [2.75, 3.05) is 12.4 Å². The summed E-state index contributed by atoms with van der Waals surface area (Å²) in [4.78, 5) is 24.6. The van der Waals surface area contributed by atoms with Gasteiger partial charge in [-0.05, 0) is 73.0 Å². The van der Waals surface area contributed by atoms with E-state index < -0.39 is 11.8 Å². The Morgan fingerprint density at radius 2 is 1.75 bits per heavy atom. The molecule has 1 amide bonds. The van der Waals surface area contributed by atoms with Crippen LogP contribution in [0.25, 0.3) is 16.8 Å². The Labute approximate surface area is 207 Å². The highest BCUT2D eigenvalue weighted by atomic mass is 19.1. The molecule has 0 unspecified atom stereocenters. The van der Waals surface area contributed by atoms with Gasteiger partial charge in [-0.15, -0.1) is 0 Å². The standard InChI is InChI=1S/C28H24FN3O4/c1-17(33)36-28-25(26(19-6-7-19)31-32(28)23-5-3-4-21(29)16-23)18-8-12-22(13-9-18)30-27(34)20-10-14-24(35-2)15-11-20/h3-5,8-16,19H,6-7H2,1-2H3,(H,30,34). The van der Waals surface area contributed by atoms with Crippen LogP contribution >= 0.6 is 0 Å². The average molecular weight is 486 g/mol. The molecule has 0 saturated heterocycles. The van der Waals surface area contributed by atoms with Gasteiger partial charge in [-0.2, -0.15) is 9.78 Å². The number of carbonyl (C=O) groups excluding carboxylic acids is 2. The lowest BCUT2D eigenvalue weighted by Gasteiger charge is -2.10. The molecule has 8 heteroatoms. The normalized spacial score (nSPS) is 12.8. The maximum atomic E-state index is 14.0. The number of benzene rings is 3. The summed E-state index contributed by atoms with van der Waals surface area (Å²) in [6.07, 6.45) is 1.95. The lowest BCUT2D eigenvalue weighted by atomic mass is 10.0. The molecule has 1 saturated carbocycles. The summed E-state index contributed by atoms with van der Waals surface area (Å²) in [5.74, 6) is -0.0142. The van der Waals surface area contributed by atoms with E-state index >= 15 is 0 Å². The Morgan fingerprint density at radius 3 is 2.36 bits per heavy atom. The lowest BCUT2D eigenvalue weighted by Crippen LogP contribution is -2.11. The molecule has 36 heavy (non-hydrogen) atoms. The molecule has 1 N–H and O–H groups in total. The van der Waals surface area contributed by atoms with Gasteiger partial charge in [0.25, 0.3) is 5.91 Å². The van der Waals surface area contributed by atoms with Gasteiger partial charge >= 0.3 is 5.97 Å². The minimum absolute atomic E-state index is 0.235. The SMILES string of the molecule is COc1ccc(C(=O)Nc2ccc(-c3c(C4CC4)nn(-c4cccc(F)c4)c3OC(C)=O)cc2)cc1. The van der Waals surface area contributed by atoms with Crippen molar-refractivity contribution in [1.29, 1.82) is 0 Å². The predicted molar refractivity (Wildman–Crippen MR) is 133 cm³/mol. The highest BCUT2D eigenvalue weighted by Gasteiger charge is 2.34. The van der Waals surface area contributed by atoms with Crippen LogP contribution in [0.3, 0.4) is 0 Å². The number of anilines is 1. The molecule has 0 spiro atoms. The van der Waals surface area contributed by atoms with Crippen molar-refractivity contribution in [2.45, 2.75) is 25.7 Å². The number of carbonyl (C=O) groups is 2. The highest BCUT2D eigenvalue weighted by Crippen LogP contribution is 2.48. The Kier molecular flexibility index (Phi) is 6.25. The summed E-state index contributed by atoms with van der Waals surface area (Å²) in [6, 6.07) is 20.1. The molecule has 182 valence electrons. The molecule has 1 heterocycles. The van der Waals surface area contributed by atoms with E-state index in [4.69, 9.17) is 14.6 Å². The number of ether oxygens (including phenoxy) is 2. The van der Waals surface area contributed by atoms with Crippen molar-refractivity contribution in [3.63, 3.8) is 0 Å². The van der Waals surface area contributed by atoms with Crippen LogP contribution in [-0.2, 0) is 4.79 Å². The molecule has 1 aromatic heterocycles. The van der Waals surface area contributed by atoms with Crippen molar-refractivity contribution in [1.82, 2.24) is 9.78 Å². The van der Waals surface area contributed by atoms with Crippen molar-refractivity contribution in [2.24, 2.45) is 0 Å². The molecule has 0 atom stereocenters. The largest absolute Gasteiger partial charge is 0.497 e. The quantitative estimate of drug-likeness (QED) is 0.338. The first-order valence-corrected chi connectivity index (χ1v) is 11.6. The minimum atomic E-state index is -0.500. The molecule has 4 aromatic rings. The van der Waals surface area contributed by atoms with Crippen LogP contribution in [0.5, 0.6) is 11.6 Å². The van der Waals surface area contributed by atoms with Gasteiger partial charge in [0.15, 0.2) is 0 Å². The van der Waals surface area contributed by atoms with Crippen LogP contribution in [0.1, 0.15) is 41.7 Å². The number of halogens is 1. The molecule has 5 rings (SSSR count). The van der Waals surface area contributed by atoms with Crippen molar-refractivity contribution < 1.29 is 23.5 Å². The molecule has 0 bridgehead atoms. The number of rotatable bonds is 7. The number of hydrogen-bond acceptors (Lipinski definition) is 5. The van der Waals surface area contributed by atoms with Gasteiger partial charge in [0.2, 0.25) is 5.88 Å². The number of methoxy groups -OCH3 is 1. The van der Waals surface area contributed by atoms with Gasteiger partial charge in [0.1, 0.15) is 11.6 Å². The zero-order valence-corrected chi connectivity index (χ0v) is 19.8. The van der Waals surface area contributed by atoms with Gasteiger partial charge in [-0.1, -0.05) is 18.2 Å². The molecular weight excluding hydrogens is 461 g/mol. The third kappa shape index (κ3) is 4.84. The third-order valence-corrected chi connectivity index (χ3v) is 5.91. The molecule has 7 nitrogen and oxygen atoms in total. The number of hydrogen-bond donors (Lipinski definition) is 1. The van der Waals surface area contributed by atoms with Crippen molar-refractivity contribution in [3.8, 4) is 28.4 Å². The van der Waals surface area contributed by atoms with Crippen LogP contribution < -0.4 is 14.8 Å². The Bertz CT molecular complexity index is 1420. The second-order valence-corrected chi connectivity index (χ2v) is 8.58. The summed E-state index contributed by atoms with van der Waals surface area (Å²) in [7, 11) is 1.57. The van der Waals surface area contributed by atoms with Crippen LogP contribution in [0, 0.1) is 5.82 Å². The maximum Gasteiger partial charge on any atom is 0.309 e. The van der Waals surface area contributed by atoms with E-state index in [-0.39, 0.29) is 17.7 Å². The summed E-state index contributed by atoms with van der Waals surface area (Å²) < 4.78 is 26.2. The van der Waals surface area contributed by atoms with E-state index in [1.54, 1.807) is 55.6 Å². The first-order chi connectivity index (χ1) is 17.4. The van der Waals surface area contributed by atoms with E-state index in [9.17, 15) is 14.0 Å². The first kappa shape index (κ1) is 23.3. The van der Waals surface area contributed by atoms with E-state index in [0.717, 1.165) is 24.1 Å². The molecule has 3 aromatic carbocycles. The van der Waals surface area contributed by atoms with Gasteiger partial charge in [-0.25, -0.2) is 4.39 Å². The van der Waals surface area contributed by atoms with E-state index in [2.05, 4.69) is 5.32 Å². The maximum absolute atomic E-state index is 14.0. The van der Waals surface area contributed by atoms with Crippen molar-refractivity contribution in [3.05, 3.63) is 89.9 Å². The van der Waals surface area contributed by atoms with Crippen LogP contribution in [0.4, 0.5) is 10.1 Å². The Hall–Kier alpha value is -4.46. The van der Waals surface area contributed by atoms with Gasteiger partial charge in [0, 0.05) is 24.1 Å². The Balaban J connectivity index is 1.49. The van der Waals surface area contributed by atoms with Gasteiger partial charge < -0.3 is 14.8 Å². The third-order valence-electron chi connectivity index (χ3n) is 5.91. The lowest BCUT2D eigenvalue weighted by molar-refractivity contribution is -0.132. The fourth-order valence-corrected chi connectivity index (χ4v) is 4.01. The van der Waals surface area contributed by atoms with Crippen LogP contribution in [0.15, 0.2) is 72.8 Å². The number of nitrogens with zero attached hydrogens (tertiary/aromatic N) is 2. The summed E-state index contributed by atoms with van der Waals surface area (Å²) in [5.41, 5.74) is 3.83. The average Bonchev–Trinajstić information content (AvgIpc) is 3.66. The summed E-state index contributed by atoms with van der Waals surface area (Å²) in [5, 5.41) is 7.61. The first-order valence-electron chi connectivity index (χ1n) is 11.6. The Morgan fingerprint density at radius 1 is 1.03 bits per heavy atom. The fraction of sp³-hybridized carbons (Fsp3) is 0.179. The molecule has 0 aliphatic heterocycles. The second-order valence-electron chi connectivity index (χ2n) is 8.58. The molecule has 1 aliphatic rings. The number of aromatic nitrogens is 2. The van der Waals surface area contributed by atoms with Crippen molar-refractivity contribution >= 4 is 17.6 Å². The number of amides is 1. The monoisotopic (exact) mass is 485 g/mol.